The molecule has 6 nitrogen and oxygen atoms in total. The van der Waals surface area contributed by atoms with E-state index < -0.39 is 5.97 Å². The van der Waals surface area contributed by atoms with Crippen molar-refractivity contribution in [2.45, 2.75) is 13.0 Å². The molecule has 7 heteroatoms. The first-order valence-corrected chi connectivity index (χ1v) is 9.27. The van der Waals surface area contributed by atoms with Gasteiger partial charge in [0.05, 0.1) is 18.2 Å². The highest BCUT2D eigenvalue weighted by Gasteiger charge is 2.26. The molecule has 2 heterocycles. The summed E-state index contributed by atoms with van der Waals surface area (Å²) in [6.07, 6.45) is 0.679. The number of hydrogen-bond donors (Lipinski definition) is 2. The standard InChI is InChI=1S/C20H17BrN2O4/c1-27-20(26)11-2-4-16-13(8-11)15-10-23(7-6-17(15)22-16)19(25)14-9-12(21)3-5-18(14)24/h2-5,8-9,22,24H,6-7,10H2,1H3. The number of esters is 1. The van der Waals surface area contributed by atoms with E-state index in [1.165, 1.54) is 13.2 Å². The van der Waals surface area contributed by atoms with Crippen LogP contribution in [-0.4, -0.2) is 40.5 Å². The Balaban J connectivity index is 1.70. The average Bonchev–Trinajstić information content (AvgIpc) is 3.05. The SMILES string of the molecule is COC(=O)c1ccc2[nH]c3c(c2c1)CN(C(=O)c1cc(Br)ccc1O)CC3. The van der Waals surface area contributed by atoms with Crippen LogP contribution in [0.25, 0.3) is 10.9 Å². The number of nitrogens with one attached hydrogen (secondary N) is 1. The molecule has 4 rings (SSSR count). The van der Waals surface area contributed by atoms with E-state index in [0.29, 0.717) is 25.1 Å². The molecule has 138 valence electrons. The molecule has 0 spiro atoms. The van der Waals surface area contributed by atoms with Crippen molar-refractivity contribution in [3.8, 4) is 5.75 Å². The number of rotatable bonds is 2. The largest absolute Gasteiger partial charge is 0.507 e. The van der Waals surface area contributed by atoms with E-state index >= 15 is 0 Å². The van der Waals surface area contributed by atoms with Crippen molar-refractivity contribution in [2.75, 3.05) is 13.7 Å². The summed E-state index contributed by atoms with van der Waals surface area (Å²) in [5.41, 5.74) is 3.72. The summed E-state index contributed by atoms with van der Waals surface area (Å²) < 4.78 is 5.53. The maximum absolute atomic E-state index is 12.9. The molecule has 1 aromatic heterocycles. The molecule has 0 saturated carbocycles. The summed E-state index contributed by atoms with van der Waals surface area (Å²) in [5, 5.41) is 11.0. The molecule has 1 amide bonds. The van der Waals surface area contributed by atoms with Gasteiger partial charge in [0.25, 0.3) is 5.91 Å². The number of phenols is 1. The van der Waals surface area contributed by atoms with Crippen molar-refractivity contribution in [3.63, 3.8) is 0 Å². The van der Waals surface area contributed by atoms with Gasteiger partial charge in [-0.15, -0.1) is 0 Å². The van der Waals surface area contributed by atoms with E-state index in [4.69, 9.17) is 4.74 Å². The Labute approximate surface area is 163 Å². The highest BCUT2D eigenvalue weighted by molar-refractivity contribution is 9.10. The van der Waals surface area contributed by atoms with Gasteiger partial charge in [-0.1, -0.05) is 15.9 Å². The number of aromatic hydroxyl groups is 1. The molecule has 0 unspecified atom stereocenters. The van der Waals surface area contributed by atoms with Gasteiger partial charge in [0.1, 0.15) is 5.75 Å². The molecule has 2 N–H and O–H groups in total. The Hall–Kier alpha value is -2.80. The number of fused-ring (bicyclic) bond motifs is 3. The second kappa shape index (κ2) is 6.74. The minimum atomic E-state index is -0.394. The number of H-pyrrole nitrogens is 1. The molecule has 0 radical (unpaired) electrons. The molecule has 27 heavy (non-hydrogen) atoms. The van der Waals surface area contributed by atoms with Crippen LogP contribution in [0.15, 0.2) is 40.9 Å². The van der Waals surface area contributed by atoms with Gasteiger partial charge in [-0.2, -0.15) is 0 Å². The maximum atomic E-state index is 12.9. The Kier molecular flexibility index (Phi) is 4.39. The number of carbonyl (C=O) groups excluding carboxylic acids is 2. The van der Waals surface area contributed by atoms with Gasteiger partial charge in [0.2, 0.25) is 0 Å². The van der Waals surface area contributed by atoms with Crippen LogP contribution in [0.1, 0.15) is 32.0 Å². The third kappa shape index (κ3) is 3.08. The second-order valence-electron chi connectivity index (χ2n) is 6.47. The molecule has 1 aliphatic heterocycles. The highest BCUT2D eigenvalue weighted by atomic mass is 79.9. The molecule has 0 aliphatic carbocycles. The second-order valence-corrected chi connectivity index (χ2v) is 7.39. The van der Waals surface area contributed by atoms with Crippen LogP contribution in [-0.2, 0) is 17.7 Å². The van der Waals surface area contributed by atoms with Crippen molar-refractivity contribution < 1.29 is 19.4 Å². The Morgan fingerprint density at radius 1 is 1.22 bits per heavy atom. The lowest BCUT2D eigenvalue weighted by atomic mass is 10.0. The minimum absolute atomic E-state index is 0.0408. The zero-order valence-corrected chi connectivity index (χ0v) is 16.2. The van der Waals surface area contributed by atoms with Gasteiger partial charge < -0.3 is 19.7 Å². The molecule has 2 aromatic carbocycles. The monoisotopic (exact) mass is 428 g/mol. The van der Waals surface area contributed by atoms with Gasteiger partial charge in [0.15, 0.2) is 0 Å². The van der Waals surface area contributed by atoms with Gasteiger partial charge in [-0.25, -0.2) is 4.79 Å². The summed E-state index contributed by atoms with van der Waals surface area (Å²) >= 11 is 3.34. The summed E-state index contributed by atoms with van der Waals surface area (Å²) in [5.74, 6) is -0.659. The number of nitrogens with zero attached hydrogens (tertiary/aromatic N) is 1. The number of hydrogen-bond acceptors (Lipinski definition) is 4. The van der Waals surface area contributed by atoms with E-state index in [-0.39, 0.29) is 17.2 Å². The zero-order valence-electron chi connectivity index (χ0n) is 14.6. The van der Waals surface area contributed by atoms with Gasteiger partial charge in [-0.05, 0) is 36.4 Å². The fourth-order valence-electron chi connectivity index (χ4n) is 3.48. The Morgan fingerprint density at radius 3 is 2.81 bits per heavy atom. The van der Waals surface area contributed by atoms with E-state index in [0.717, 1.165) is 26.6 Å². The minimum Gasteiger partial charge on any atom is -0.507 e. The molecule has 0 bridgehead atoms. The summed E-state index contributed by atoms with van der Waals surface area (Å²) in [6, 6.07) is 10.2. The fraction of sp³-hybridized carbons (Fsp3) is 0.200. The van der Waals surface area contributed by atoms with Crippen molar-refractivity contribution in [3.05, 3.63) is 63.3 Å². The zero-order chi connectivity index (χ0) is 19.1. The van der Waals surface area contributed by atoms with Gasteiger partial charge in [-0.3, -0.25) is 4.79 Å². The number of carbonyl (C=O) groups is 2. The number of methoxy groups -OCH3 is 1. The molecular formula is C20H17BrN2O4. The Bertz CT molecular complexity index is 1070. The molecule has 0 fully saturated rings. The lowest BCUT2D eigenvalue weighted by Crippen LogP contribution is -2.35. The first kappa shape index (κ1) is 17.6. The number of aromatic amines is 1. The van der Waals surface area contributed by atoms with Crippen molar-refractivity contribution >= 4 is 38.7 Å². The van der Waals surface area contributed by atoms with Crippen molar-refractivity contribution in [1.82, 2.24) is 9.88 Å². The number of ether oxygens (including phenoxy) is 1. The first-order chi connectivity index (χ1) is 13.0. The van der Waals surface area contributed by atoms with Crippen LogP contribution in [0.5, 0.6) is 5.75 Å². The maximum Gasteiger partial charge on any atom is 0.337 e. The lowest BCUT2D eigenvalue weighted by molar-refractivity contribution is 0.0600. The molecule has 1 aliphatic rings. The summed E-state index contributed by atoms with van der Waals surface area (Å²) in [6.45, 7) is 0.958. The number of amides is 1. The molecule has 0 saturated heterocycles. The summed E-state index contributed by atoms with van der Waals surface area (Å²) in [4.78, 5) is 29.9. The number of aromatic nitrogens is 1. The normalized spacial score (nSPS) is 13.5. The third-order valence-corrected chi connectivity index (χ3v) is 5.37. The van der Waals surface area contributed by atoms with Crippen molar-refractivity contribution in [2.24, 2.45) is 0 Å². The third-order valence-electron chi connectivity index (χ3n) is 4.87. The van der Waals surface area contributed by atoms with E-state index in [1.807, 2.05) is 6.07 Å². The number of phenolic OH excluding ortho intramolecular Hbond substituents is 1. The molecular weight excluding hydrogens is 412 g/mol. The van der Waals surface area contributed by atoms with Crippen LogP contribution in [0.3, 0.4) is 0 Å². The van der Waals surface area contributed by atoms with Crippen molar-refractivity contribution in [1.29, 1.82) is 0 Å². The topological polar surface area (TPSA) is 82.6 Å². The molecule has 3 aromatic rings. The Morgan fingerprint density at radius 2 is 2.04 bits per heavy atom. The first-order valence-electron chi connectivity index (χ1n) is 8.47. The molecule has 0 atom stereocenters. The van der Waals surface area contributed by atoms with E-state index in [9.17, 15) is 14.7 Å². The van der Waals surface area contributed by atoms with Crippen LogP contribution in [0.4, 0.5) is 0 Å². The fourth-order valence-corrected chi connectivity index (χ4v) is 3.84. The quantitative estimate of drug-likeness (QED) is 0.610. The predicted octanol–water partition coefficient (Wildman–Crippen LogP) is 3.62. The summed E-state index contributed by atoms with van der Waals surface area (Å²) in [7, 11) is 1.35. The van der Waals surface area contributed by atoms with Crippen LogP contribution in [0.2, 0.25) is 0 Å². The van der Waals surface area contributed by atoms with Crippen LogP contribution in [0, 0.1) is 0 Å². The van der Waals surface area contributed by atoms with E-state index in [2.05, 4.69) is 20.9 Å². The van der Waals surface area contributed by atoms with Crippen LogP contribution >= 0.6 is 15.9 Å². The highest BCUT2D eigenvalue weighted by Crippen LogP contribution is 2.31. The number of halogens is 1. The van der Waals surface area contributed by atoms with Gasteiger partial charge >= 0.3 is 5.97 Å². The smallest absolute Gasteiger partial charge is 0.337 e. The van der Waals surface area contributed by atoms with Crippen LogP contribution < -0.4 is 0 Å². The van der Waals surface area contributed by atoms with Gasteiger partial charge in [0, 0.05) is 46.1 Å². The van der Waals surface area contributed by atoms with E-state index in [1.54, 1.807) is 29.2 Å². The lowest BCUT2D eigenvalue weighted by Gasteiger charge is -2.27. The number of benzene rings is 2. The predicted molar refractivity (Wildman–Crippen MR) is 104 cm³/mol. The average molecular weight is 429 g/mol.